The molecule has 80 valence electrons. The third-order valence-electron chi connectivity index (χ3n) is 2.37. The van der Waals surface area contributed by atoms with Gasteiger partial charge in [-0.2, -0.15) is 0 Å². The maximum absolute atomic E-state index is 11.0. The number of hydrogen-bond donors (Lipinski definition) is 1. The first-order valence-electron chi connectivity index (χ1n) is 4.57. The van der Waals surface area contributed by atoms with Gasteiger partial charge in [-0.1, -0.05) is 0 Å². The van der Waals surface area contributed by atoms with Crippen LogP contribution in [0.25, 0.3) is 0 Å². The number of carbonyl (C=O) groups excluding carboxylic acids is 1. The molecule has 0 spiro atoms. The Bertz CT molecular complexity index is 250. The largest absolute Gasteiger partial charge is 0.479 e. The highest BCUT2D eigenvalue weighted by Gasteiger charge is 2.47. The Morgan fingerprint density at radius 1 is 1.79 bits per heavy atom. The number of carboxylic acids is 1. The van der Waals surface area contributed by atoms with Crippen molar-refractivity contribution in [3.05, 3.63) is 0 Å². The molecule has 14 heavy (non-hydrogen) atoms. The van der Waals surface area contributed by atoms with Crippen molar-refractivity contribution >= 4 is 11.9 Å². The molecule has 0 saturated carbocycles. The van der Waals surface area contributed by atoms with Gasteiger partial charge in [-0.05, 0) is 20.3 Å². The lowest BCUT2D eigenvalue weighted by Crippen LogP contribution is -2.49. The summed E-state index contributed by atoms with van der Waals surface area (Å²) >= 11 is 0. The second-order valence-electron chi connectivity index (χ2n) is 3.36. The minimum Gasteiger partial charge on any atom is -0.479 e. The van der Waals surface area contributed by atoms with Crippen LogP contribution >= 0.6 is 0 Å². The van der Waals surface area contributed by atoms with Crippen molar-refractivity contribution in [2.75, 3.05) is 6.61 Å². The Balaban J connectivity index is 2.77. The molecule has 0 aromatic rings. The summed E-state index contributed by atoms with van der Waals surface area (Å²) in [7, 11) is 0. The van der Waals surface area contributed by atoms with E-state index in [9.17, 15) is 9.59 Å². The van der Waals surface area contributed by atoms with Crippen LogP contribution < -0.4 is 0 Å². The summed E-state index contributed by atoms with van der Waals surface area (Å²) in [6.45, 7) is 3.41. The summed E-state index contributed by atoms with van der Waals surface area (Å²) in [5, 5.41) is 8.99. The van der Waals surface area contributed by atoms with E-state index in [1.165, 1.54) is 6.92 Å². The fourth-order valence-corrected chi connectivity index (χ4v) is 1.51. The highest BCUT2D eigenvalue weighted by atomic mass is 16.6. The third-order valence-corrected chi connectivity index (χ3v) is 2.37. The van der Waals surface area contributed by atoms with Crippen LogP contribution in [-0.4, -0.2) is 35.4 Å². The quantitative estimate of drug-likeness (QED) is 0.675. The number of aliphatic carboxylic acids is 1. The molecular formula is C9H14O5. The Hall–Kier alpha value is -1.10. The van der Waals surface area contributed by atoms with Crippen LogP contribution in [0.3, 0.4) is 0 Å². The fourth-order valence-electron chi connectivity index (χ4n) is 1.51. The molecule has 0 radical (unpaired) electrons. The van der Waals surface area contributed by atoms with Crippen LogP contribution in [0.15, 0.2) is 0 Å². The molecule has 1 aliphatic heterocycles. The number of hydrogen-bond acceptors (Lipinski definition) is 4. The van der Waals surface area contributed by atoms with Crippen molar-refractivity contribution in [3.63, 3.8) is 0 Å². The van der Waals surface area contributed by atoms with Gasteiger partial charge in [0.05, 0.1) is 0 Å². The minimum absolute atomic E-state index is 0.264. The topological polar surface area (TPSA) is 72.8 Å². The van der Waals surface area contributed by atoms with Gasteiger partial charge in [0.1, 0.15) is 6.10 Å². The number of ether oxygens (including phenoxy) is 2. The molecule has 5 nitrogen and oxygen atoms in total. The van der Waals surface area contributed by atoms with Gasteiger partial charge in [-0.3, -0.25) is 4.79 Å². The van der Waals surface area contributed by atoms with Gasteiger partial charge < -0.3 is 14.6 Å². The molecule has 2 atom stereocenters. The molecule has 1 fully saturated rings. The molecule has 2 unspecified atom stereocenters. The summed E-state index contributed by atoms with van der Waals surface area (Å²) < 4.78 is 10.0. The maximum Gasteiger partial charge on any atom is 0.339 e. The lowest BCUT2D eigenvalue weighted by Gasteiger charge is -2.29. The standard InChI is InChI=1S/C9H14O5/c1-3-13-9(2,8(11)12)6-4-5-7(10)14-6/h6H,3-5H2,1-2H3,(H,11,12). The highest BCUT2D eigenvalue weighted by Crippen LogP contribution is 2.28. The predicted molar refractivity (Wildman–Crippen MR) is 46.8 cm³/mol. The van der Waals surface area contributed by atoms with Crippen LogP contribution in [0, 0.1) is 0 Å². The Morgan fingerprint density at radius 2 is 2.43 bits per heavy atom. The maximum atomic E-state index is 11.0. The van der Waals surface area contributed by atoms with Crippen molar-refractivity contribution in [1.82, 2.24) is 0 Å². The van der Waals surface area contributed by atoms with E-state index in [-0.39, 0.29) is 19.0 Å². The zero-order chi connectivity index (χ0) is 10.8. The van der Waals surface area contributed by atoms with Gasteiger partial charge in [0.25, 0.3) is 0 Å². The first kappa shape index (κ1) is 11.0. The van der Waals surface area contributed by atoms with Gasteiger partial charge in [-0.25, -0.2) is 4.79 Å². The van der Waals surface area contributed by atoms with E-state index in [0.29, 0.717) is 6.42 Å². The normalized spacial score (nSPS) is 25.6. The molecule has 1 saturated heterocycles. The van der Waals surface area contributed by atoms with Crippen LogP contribution in [0.2, 0.25) is 0 Å². The van der Waals surface area contributed by atoms with E-state index < -0.39 is 17.7 Å². The van der Waals surface area contributed by atoms with Gasteiger partial charge in [-0.15, -0.1) is 0 Å². The van der Waals surface area contributed by atoms with E-state index in [1.807, 2.05) is 0 Å². The summed E-state index contributed by atoms with van der Waals surface area (Å²) in [4.78, 5) is 21.8. The third kappa shape index (κ3) is 1.87. The van der Waals surface area contributed by atoms with Crippen molar-refractivity contribution in [1.29, 1.82) is 0 Å². The van der Waals surface area contributed by atoms with E-state index >= 15 is 0 Å². The van der Waals surface area contributed by atoms with Crippen molar-refractivity contribution in [2.45, 2.75) is 38.4 Å². The number of carboxylic acid groups (broad SMARTS) is 1. The highest BCUT2D eigenvalue weighted by molar-refractivity contribution is 5.80. The van der Waals surface area contributed by atoms with Crippen molar-refractivity contribution in [2.24, 2.45) is 0 Å². The molecule has 0 amide bonds. The van der Waals surface area contributed by atoms with E-state index in [2.05, 4.69) is 0 Å². The number of esters is 1. The molecule has 5 heteroatoms. The smallest absolute Gasteiger partial charge is 0.339 e. The second-order valence-corrected chi connectivity index (χ2v) is 3.36. The van der Waals surface area contributed by atoms with E-state index in [4.69, 9.17) is 14.6 Å². The lowest BCUT2D eigenvalue weighted by atomic mass is 9.96. The predicted octanol–water partition coefficient (Wildman–Crippen LogP) is 0.572. The van der Waals surface area contributed by atoms with Crippen molar-refractivity contribution in [3.8, 4) is 0 Å². The second kappa shape index (κ2) is 3.96. The van der Waals surface area contributed by atoms with Crippen molar-refractivity contribution < 1.29 is 24.2 Å². The van der Waals surface area contributed by atoms with Crippen LogP contribution in [0.4, 0.5) is 0 Å². The molecule has 0 bridgehead atoms. The Morgan fingerprint density at radius 3 is 2.79 bits per heavy atom. The Kier molecular flexibility index (Phi) is 3.10. The van der Waals surface area contributed by atoms with Gasteiger partial charge in [0.2, 0.25) is 0 Å². The Labute approximate surface area is 82.0 Å². The number of rotatable bonds is 4. The zero-order valence-electron chi connectivity index (χ0n) is 8.28. The molecule has 1 N–H and O–H groups in total. The van der Waals surface area contributed by atoms with Crippen LogP contribution in [0.5, 0.6) is 0 Å². The first-order chi connectivity index (χ1) is 6.50. The summed E-state index contributed by atoms with van der Waals surface area (Å²) in [5.74, 6) is -1.46. The zero-order valence-corrected chi connectivity index (χ0v) is 8.28. The summed E-state index contributed by atoms with van der Waals surface area (Å²) in [6, 6.07) is 0. The molecule has 0 aromatic carbocycles. The fraction of sp³-hybridized carbons (Fsp3) is 0.778. The van der Waals surface area contributed by atoms with Crippen LogP contribution in [-0.2, 0) is 19.1 Å². The van der Waals surface area contributed by atoms with E-state index in [0.717, 1.165) is 0 Å². The van der Waals surface area contributed by atoms with Crippen LogP contribution in [0.1, 0.15) is 26.7 Å². The SMILES string of the molecule is CCOC(C)(C(=O)O)C1CCC(=O)O1. The molecule has 1 rings (SSSR count). The molecule has 0 aliphatic carbocycles. The molecule has 1 aliphatic rings. The first-order valence-corrected chi connectivity index (χ1v) is 4.57. The summed E-state index contributed by atoms with van der Waals surface area (Å²) in [5.41, 5.74) is -1.42. The molecular weight excluding hydrogens is 188 g/mol. The average Bonchev–Trinajstić information content (AvgIpc) is 2.52. The monoisotopic (exact) mass is 202 g/mol. The summed E-state index contributed by atoms with van der Waals surface area (Å²) in [6.07, 6.45) is -0.00476. The van der Waals surface area contributed by atoms with E-state index in [1.54, 1.807) is 6.92 Å². The molecule has 0 aromatic heterocycles. The average molecular weight is 202 g/mol. The molecule has 1 heterocycles. The number of cyclic esters (lactones) is 1. The number of carbonyl (C=O) groups is 2. The lowest BCUT2D eigenvalue weighted by molar-refractivity contribution is -0.182. The minimum atomic E-state index is -1.42. The van der Waals surface area contributed by atoms with Gasteiger partial charge in [0.15, 0.2) is 5.60 Å². The van der Waals surface area contributed by atoms with Gasteiger partial charge in [0, 0.05) is 13.0 Å². The van der Waals surface area contributed by atoms with Gasteiger partial charge >= 0.3 is 11.9 Å².